The maximum Gasteiger partial charge on any atom is 0.187 e. The zero-order valence-corrected chi connectivity index (χ0v) is 17.6. The quantitative estimate of drug-likeness (QED) is 0.167. The molecule has 3 rings (SSSR count). The number of ether oxygens (including phenoxy) is 5. The first kappa shape index (κ1) is 27.0. The highest BCUT2D eigenvalue weighted by Gasteiger charge is 2.53. The zero-order chi connectivity index (χ0) is 24.6. The van der Waals surface area contributed by atoms with Gasteiger partial charge in [0.1, 0.15) is 67.1 Å². The van der Waals surface area contributed by atoms with Gasteiger partial charge < -0.3 is 74.7 Å². The van der Waals surface area contributed by atoms with Crippen molar-refractivity contribution in [1.29, 1.82) is 0 Å². The number of hydrogen-bond donors (Lipinski definition) is 10. The highest BCUT2D eigenvalue weighted by molar-refractivity contribution is 4.96. The summed E-state index contributed by atoms with van der Waals surface area (Å²) in [5.74, 6) is 0. The fraction of sp³-hybridized carbons (Fsp3) is 1.00. The molecule has 3 saturated heterocycles. The van der Waals surface area contributed by atoms with E-state index in [4.69, 9.17) is 23.7 Å². The molecule has 33 heavy (non-hydrogen) atoms. The molecule has 3 fully saturated rings. The minimum absolute atomic E-state index is 0.747. The Balaban J connectivity index is 1.82. The lowest BCUT2D eigenvalue weighted by atomic mass is 9.96. The van der Waals surface area contributed by atoms with E-state index in [-0.39, 0.29) is 0 Å². The Hall–Kier alpha value is -0.600. The first-order valence-electron chi connectivity index (χ1n) is 10.4. The minimum atomic E-state index is -1.88. The monoisotopic (exact) mass is 488 g/mol. The molecule has 194 valence electrons. The van der Waals surface area contributed by atoms with Crippen molar-refractivity contribution >= 4 is 0 Å². The van der Waals surface area contributed by atoms with Gasteiger partial charge in [-0.2, -0.15) is 0 Å². The van der Waals surface area contributed by atoms with E-state index in [2.05, 4.69) is 0 Å². The average Bonchev–Trinajstić information content (AvgIpc) is 2.79. The molecule has 0 bridgehead atoms. The molecule has 3 aliphatic heterocycles. The van der Waals surface area contributed by atoms with Gasteiger partial charge in [-0.05, 0) is 6.92 Å². The van der Waals surface area contributed by atoms with Crippen LogP contribution in [0.4, 0.5) is 0 Å². The van der Waals surface area contributed by atoms with E-state index in [1.165, 1.54) is 6.92 Å². The molecule has 3 aliphatic rings. The third-order valence-electron chi connectivity index (χ3n) is 6.06. The molecule has 0 radical (unpaired) electrons. The highest BCUT2D eigenvalue weighted by atomic mass is 16.8. The second-order valence-electron chi connectivity index (χ2n) is 8.32. The molecule has 0 saturated carbocycles. The molecule has 10 N–H and O–H groups in total. The summed E-state index contributed by atoms with van der Waals surface area (Å²) in [6.07, 6.45) is -24.1. The van der Waals surface area contributed by atoms with Gasteiger partial charge in [0.05, 0.1) is 19.3 Å². The Morgan fingerprint density at radius 1 is 0.545 bits per heavy atom. The molecule has 0 spiro atoms. The molecule has 15 heteroatoms. The topological polar surface area (TPSA) is 248 Å². The van der Waals surface area contributed by atoms with Crippen LogP contribution < -0.4 is 0 Å². The second-order valence-corrected chi connectivity index (χ2v) is 8.32. The Kier molecular flexibility index (Phi) is 8.99. The van der Waals surface area contributed by atoms with Gasteiger partial charge in [-0.25, -0.2) is 0 Å². The lowest BCUT2D eigenvalue weighted by molar-refractivity contribution is -0.386. The molecular formula is C18H32O15. The molecule has 0 aliphatic carbocycles. The Morgan fingerprint density at radius 2 is 1.03 bits per heavy atom. The van der Waals surface area contributed by atoms with Crippen LogP contribution in [-0.2, 0) is 23.7 Å². The predicted molar refractivity (Wildman–Crippen MR) is 99.8 cm³/mol. The fourth-order valence-electron chi connectivity index (χ4n) is 3.97. The Labute approximate surface area is 187 Å². The van der Waals surface area contributed by atoms with E-state index in [1.807, 2.05) is 0 Å². The molecular weight excluding hydrogens is 456 g/mol. The van der Waals surface area contributed by atoms with Crippen LogP contribution in [0.3, 0.4) is 0 Å². The summed E-state index contributed by atoms with van der Waals surface area (Å²) in [5, 5.41) is 100.0. The van der Waals surface area contributed by atoms with E-state index in [9.17, 15) is 51.1 Å². The lowest BCUT2D eigenvalue weighted by Crippen LogP contribution is -2.66. The third kappa shape index (κ3) is 5.32. The molecule has 0 amide bonds. The summed E-state index contributed by atoms with van der Waals surface area (Å²) >= 11 is 0. The molecule has 0 aromatic carbocycles. The van der Waals surface area contributed by atoms with Crippen molar-refractivity contribution in [3.8, 4) is 0 Å². The molecule has 1 unspecified atom stereocenters. The Bertz CT molecular complexity index is 624. The Morgan fingerprint density at radius 3 is 1.61 bits per heavy atom. The maximum atomic E-state index is 10.6. The van der Waals surface area contributed by atoms with Gasteiger partial charge in [-0.1, -0.05) is 0 Å². The van der Waals surface area contributed by atoms with Gasteiger partial charge in [-0.15, -0.1) is 0 Å². The zero-order valence-electron chi connectivity index (χ0n) is 17.6. The van der Waals surface area contributed by atoms with E-state index in [1.54, 1.807) is 0 Å². The van der Waals surface area contributed by atoms with Gasteiger partial charge in [0.15, 0.2) is 18.9 Å². The van der Waals surface area contributed by atoms with Gasteiger partial charge in [0.25, 0.3) is 0 Å². The van der Waals surface area contributed by atoms with E-state index in [0.717, 1.165) is 0 Å². The third-order valence-corrected chi connectivity index (χ3v) is 6.06. The van der Waals surface area contributed by atoms with Crippen LogP contribution in [0.25, 0.3) is 0 Å². The molecule has 15 nitrogen and oxygen atoms in total. The smallest absolute Gasteiger partial charge is 0.187 e. The standard InChI is InChI=1S/C18H32O15/c1-4-7(21)10(24)12(26)17(29-4)33-15-14(9(23)6(3-20)30-16(15)28)32-18-13(27)11(25)8(22)5(2-19)31-18/h4-28H,2-3H2,1H3/t4-,5+,6+,7-,8+,9+,10+,11-,12+,13-,14-,15+,16?,17-,18+/m0/s1. The van der Waals surface area contributed by atoms with Crippen LogP contribution in [0.15, 0.2) is 0 Å². The molecule has 0 aromatic rings. The van der Waals surface area contributed by atoms with Crippen LogP contribution in [-0.4, -0.2) is 156 Å². The first-order chi connectivity index (χ1) is 15.5. The van der Waals surface area contributed by atoms with Crippen molar-refractivity contribution in [2.24, 2.45) is 0 Å². The summed E-state index contributed by atoms with van der Waals surface area (Å²) in [4.78, 5) is 0. The van der Waals surface area contributed by atoms with Gasteiger partial charge in [0.2, 0.25) is 0 Å². The largest absolute Gasteiger partial charge is 0.394 e. The van der Waals surface area contributed by atoms with Crippen LogP contribution in [0.2, 0.25) is 0 Å². The van der Waals surface area contributed by atoms with Crippen molar-refractivity contribution in [1.82, 2.24) is 0 Å². The summed E-state index contributed by atoms with van der Waals surface area (Å²) in [5.41, 5.74) is 0. The second kappa shape index (κ2) is 11.0. The normalized spacial score (nSPS) is 53.7. The van der Waals surface area contributed by atoms with Crippen LogP contribution in [0, 0.1) is 0 Å². The van der Waals surface area contributed by atoms with Crippen molar-refractivity contribution < 1.29 is 74.7 Å². The van der Waals surface area contributed by atoms with Gasteiger partial charge in [0, 0.05) is 0 Å². The number of rotatable bonds is 6. The molecule has 15 atom stereocenters. The van der Waals surface area contributed by atoms with Crippen LogP contribution in [0.5, 0.6) is 0 Å². The maximum absolute atomic E-state index is 10.6. The average molecular weight is 488 g/mol. The van der Waals surface area contributed by atoms with E-state index in [0.29, 0.717) is 0 Å². The van der Waals surface area contributed by atoms with Gasteiger partial charge >= 0.3 is 0 Å². The van der Waals surface area contributed by atoms with Crippen molar-refractivity contribution in [3.63, 3.8) is 0 Å². The predicted octanol–water partition coefficient (Wildman–Crippen LogP) is -6.55. The van der Waals surface area contributed by atoms with Crippen LogP contribution in [0.1, 0.15) is 6.92 Å². The molecule has 0 aromatic heterocycles. The number of aliphatic hydroxyl groups is 10. The highest BCUT2D eigenvalue weighted by Crippen LogP contribution is 2.32. The first-order valence-corrected chi connectivity index (χ1v) is 10.4. The summed E-state index contributed by atoms with van der Waals surface area (Å²) < 4.78 is 26.7. The summed E-state index contributed by atoms with van der Waals surface area (Å²) in [7, 11) is 0. The SMILES string of the molecule is C[C@@H]1O[C@@H](O[C@H]2C(O)O[C@H](CO)[C@@H](O)[C@@H]2O[C@H]2O[C@H](CO)[C@@H](O)[C@H](O)[C@@H]2O)[C@H](O)[C@H](O)[C@H]1O. The van der Waals surface area contributed by atoms with E-state index >= 15 is 0 Å². The minimum Gasteiger partial charge on any atom is -0.394 e. The summed E-state index contributed by atoms with van der Waals surface area (Å²) in [6, 6.07) is 0. The van der Waals surface area contributed by atoms with Crippen LogP contribution >= 0.6 is 0 Å². The lowest BCUT2D eigenvalue weighted by Gasteiger charge is -2.48. The molecule has 3 heterocycles. The van der Waals surface area contributed by atoms with E-state index < -0.39 is 105 Å². The fourth-order valence-corrected chi connectivity index (χ4v) is 3.97. The van der Waals surface area contributed by atoms with Crippen molar-refractivity contribution in [2.45, 2.75) is 99.0 Å². The van der Waals surface area contributed by atoms with Crippen molar-refractivity contribution in [3.05, 3.63) is 0 Å². The van der Waals surface area contributed by atoms with Gasteiger partial charge in [-0.3, -0.25) is 0 Å². The number of hydrogen-bond acceptors (Lipinski definition) is 15. The summed E-state index contributed by atoms with van der Waals surface area (Å²) in [6.45, 7) is -0.115. The number of aliphatic hydroxyl groups excluding tert-OH is 10. The van der Waals surface area contributed by atoms with Crippen molar-refractivity contribution in [2.75, 3.05) is 13.2 Å².